The molecule has 0 saturated carbocycles. The van der Waals surface area contributed by atoms with Gasteiger partial charge in [0.15, 0.2) is 0 Å². The first-order valence-corrected chi connectivity index (χ1v) is 6.81. The minimum Gasteiger partial charge on any atom is -0.466 e. The normalized spacial score (nSPS) is 11.3. The minimum atomic E-state index is -0.126. The summed E-state index contributed by atoms with van der Waals surface area (Å²) in [5.74, 6) is -0.126. The Hall–Kier alpha value is -1.35. The maximum atomic E-state index is 11.3. The quantitative estimate of drug-likeness (QED) is 0.673. The Kier molecular flexibility index (Phi) is 6.57. The lowest BCUT2D eigenvalue weighted by atomic mass is 9.89. The molecular formula is C16H24O3. The average molecular weight is 264 g/mol. The summed E-state index contributed by atoms with van der Waals surface area (Å²) in [6, 6.07) is 10.1. The van der Waals surface area contributed by atoms with E-state index >= 15 is 0 Å². The number of esters is 1. The molecule has 106 valence electrons. The first-order valence-electron chi connectivity index (χ1n) is 6.81. The van der Waals surface area contributed by atoms with Crippen LogP contribution >= 0.6 is 0 Å². The van der Waals surface area contributed by atoms with Crippen molar-refractivity contribution in [3.05, 3.63) is 35.9 Å². The molecule has 0 fully saturated rings. The molecule has 0 bridgehead atoms. The van der Waals surface area contributed by atoms with E-state index in [1.165, 1.54) is 5.56 Å². The van der Waals surface area contributed by atoms with Gasteiger partial charge in [0.2, 0.25) is 0 Å². The summed E-state index contributed by atoms with van der Waals surface area (Å²) in [7, 11) is 0. The number of rotatable bonds is 8. The van der Waals surface area contributed by atoms with E-state index in [-0.39, 0.29) is 11.4 Å². The van der Waals surface area contributed by atoms with Crippen molar-refractivity contribution in [2.24, 2.45) is 5.41 Å². The number of carbonyl (C=O) groups is 1. The second kappa shape index (κ2) is 7.95. The highest BCUT2D eigenvalue weighted by molar-refractivity contribution is 5.69. The topological polar surface area (TPSA) is 35.5 Å². The van der Waals surface area contributed by atoms with Crippen molar-refractivity contribution in [3.8, 4) is 0 Å². The molecule has 3 nitrogen and oxygen atoms in total. The van der Waals surface area contributed by atoms with Crippen molar-refractivity contribution in [1.82, 2.24) is 0 Å². The van der Waals surface area contributed by atoms with Gasteiger partial charge in [-0.25, -0.2) is 0 Å². The Morgan fingerprint density at radius 3 is 2.53 bits per heavy atom. The van der Waals surface area contributed by atoms with Gasteiger partial charge < -0.3 is 9.47 Å². The van der Waals surface area contributed by atoms with E-state index in [0.29, 0.717) is 26.2 Å². The molecule has 0 saturated heterocycles. The van der Waals surface area contributed by atoms with Crippen LogP contribution in [0, 0.1) is 5.41 Å². The van der Waals surface area contributed by atoms with Gasteiger partial charge in [-0.15, -0.1) is 0 Å². The first-order chi connectivity index (χ1) is 9.03. The number of hydrogen-bond donors (Lipinski definition) is 0. The number of carbonyl (C=O) groups excluding carboxylic acids is 1. The SMILES string of the molecule is CCOC(=O)CCC(C)(C)COCc1ccccc1. The second-order valence-corrected chi connectivity index (χ2v) is 5.45. The van der Waals surface area contributed by atoms with Crippen molar-refractivity contribution in [1.29, 1.82) is 0 Å². The minimum absolute atomic E-state index is 0.0124. The predicted octanol–water partition coefficient (Wildman–Crippen LogP) is 3.57. The van der Waals surface area contributed by atoms with Gasteiger partial charge in [-0.05, 0) is 24.3 Å². The predicted molar refractivity (Wildman–Crippen MR) is 75.7 cm³/mol. The van der Waals surface area contributed by atoms with Gasteiger partial charge in [-0.3, -0.25) is 4.79 Å². The van der Waals surface area contributed by atoms with Crippen LogP contribution in [0.25, 0.3) is 0 Å². The fraction of sp³-hybridized carbons (Fsp3) is 0.562. The lowest BCUT2D eigenvalue weighted by molar-refractivity contribution is -0.143. The highest BCUT2D eigenvalue weighted by Crippen LogP contribution is 2.23. The van der Waals surface area contributed by atoms with Gasteiger partial charge in [-0.2, -0.15) is 0 Å². The molecule has 0 heterocycles. The largest absolute Gasteiger partial charge is 0.466 e. The molecule has 0 aliphatic carbocycles. The third kappa shape index (κ3) is 6.97. The number of hydrogen-bond acceptors (Lipinski definition) is 3. The van der Waals surface area contributed by atoms with Gasteiger partial charge in [-0.1, -0.05) is 44.2 Å². The van der Waals surface area contributed by atoms with Gasteiger partial charge in [0.25, 0.3) is 0 Å². The average Bonchev–Trinajstić information content (AvgIpc) is 2.38. The zero-order valence-corrected chi connectivity index (χ0v) is 12.1. The molecule has 0 aliphatic heterocycles. The molecule has 0 atom stereocenters. The molecule has 0 unspecified atom stereocenters. The fourth-order valence-corrected chi connectivity index (χ4v) is 1.77. The lowest BCUT2D eigenvalue weighted by Crippen LogP contribution is -2.21. The van der Waals surface area contributed by atoms with Crippen LogP contribution in [0.4, 0.5) is 0 Å². The van der Waals surface area contributed by atoms with E-state index in [2.05, 4.69) is 13.8 Å². The molecule has 19 heavy (non-hydrogen) atoms. The van der Waals surface area contributed by atoms with Crippen LogP contribution in [0.5, 0.6) is 0 Å². The molecule has 0 radical (unpaired) electrons. The summed E-state index contributed by atoms with van der Waals surface area (Å²) in [5.41, 5.74) is 1.16. The number of ether oxygens (including phenoxy) is 2. The van der Waals surface area contributed by atoms with Crippen molar-refractivity contribution in [2.45, 2.75) is 40.2 Å². The Labute approximate surface area is 115 Å². The van der Waals surface area contributed by atoms with Gasteiger partial charge >= 0.3 is 5.97 Å². The lowest BCUT2D eigenvalue weighted by Gasteiger charge is -2.24. The van der Waals surface area contributed by atoms with Crippen molar-refractivity contribution in [3.63, 3.8) is 0 Å². The highest BCUT2D eigenvalue weighted by Gasteiger charge is 2.20. The van der Waals surface area contributed by atoms with E-state index in [0.717, 1.165) is 6.42 Å². The third-order valence-corrected chi connectivity index (χ3v) is 2.92. The number of benzene rings is 1. The summed E-state index contributed by atoms with van der Waals surface area (Å²) in [4.78, 5) is 11.3. The summed E-state index contributed by atoms with van der Waals surface area (Å²) >= 11 is 0. The van der Waals surface area contributed by atoms with Gasteiger partial charge in [0.1, 0.15) is 0 Å². The molecule has 0 amide bonds. The smallest absolute Gasteiger partial charge is 0.305 e. The van der Waals surface area contributed by atoms with Gasteiger partial charge in [0.05, 0.1) is 19.8 Å². The van der Waals surface area contributed by atoms with Crippen molar-refractivity contribution in [2.75, 3.05) is 13.2 Å². The molecule has 1 aromatic carbocycles. The van der Waals surface area contributed by atoms with Crippen molar-refractivity contribution >= 4 is 5.97 Å². The zero-order chi connectivity index (χ0) is 14.1. The van der Waals surface area contributed by atoms with Crippen LogP contribution in [-0.2, 0) is 20.9 Å². The maximum absolute atomic E-state index is 11.3. The Morgan fingerprint density at radius 2 is 1.89 bits per heavy atom. The Morgan fingerprint density at radius 1 is 1.21 bits per heavy atom. The molecule has 0 spiro atoms. The second-order valence-electron chi connectivity index (χ2n) is 5.45. The molecular weight excluding hydrogens is 240 g/mol. The molecule has 0 aromatic heterocycles. The van der Waals surface area contributed by atoms with E-state index in [4.69, 9.17) is 9.47 Å². The summed E-state index contributed by atoms with van der Waals surface area (Å²) in [6.45, 7) is 7.75. The van der Waals surface area contributed by atoms with E-state index < -0.39 is 0 Å². The van der Waals surface area contributed by atoms with Crippen LogP contribution in [-0.4, -0.2) is 19.2 Å². The molecule has 0 N–H and O–H groups in total. The monoisotopic (exact) mass is 264 g/mol. The van der Waals surface area contributed by atoms with E-state index in [1.807, 2.05) is 37.3 Å². The molecule has 0 aliphatic rings. The summed E-state index contributed by atoms with van der Waals surface area (Å²) in [5, 5.41) is 0. The summed E-state index contributed by atoms with van der Waals surface area (Å²) in [6.07, 6.45) is 1.23. The Bertz CT molecular complexity index is 371. The van der Waals surface area contributed by atoms with Crippen LogP contribution in [0.3, 0.4) is 0 Å². The summed E-state index contributed by atoms with van der Waals surface area (Å²) < 4.78 is 10.7. The Balaban J connectivity index is 2.24. The molecule has 1 rings (SSSR count). The fourth-order valence-electron chi connectivity index (χ4n) is 1.77. The first kappa shape index (κ1) is 15.7. The van der Waals surface area contributed by atoms with Crippen LogP contribution in [0.2, 0.25) is 0 Å². The van der Waals surface area contributed by atoms with E-state index in [9.17, 15) is 4.79 Å². The van der Waals surface area contributed by atoms with E-state index in [1.54, 1.807) is 0 Å². The van der Waals surface area contributed by atoms with Gasteiger partial charge in [0, 0.05) is 6.42 Å². The van der Waals surface area contributed by atoms with Crippen LogP contribution in [0.15, 0.2) is 30.3 Å². The van der Waals surface area contributed by atoms with Crippen LogP contribution in [0.1, 0.15) is 39.2 Å². The zero-order valence-electron chi connectivity index (χ0n) is 12.1. The molecule has 1 aromatic rings. The van der Waals surface area contributed by atoms with Crippen molar-refractivity contribution < 1.29 is 14.3 Å². The maximum Gasteiger partial charge on any atom is 0.305 e. The van der Waals surface area contributed by atoms with Crippen LogP contribution < -0.4 is 0 Å². The molecule has 3 heteroatoms. The highest BCUT2D eigenvalue weighted by atomic mass is 16.5. The third-order valence-electron chi connectivity index (χ3n) is 2.92. The standard InChI is InChI=1S/C16H24O3/c1-4-19-15(17)10-11-16(2,3)13-18-12-14-8-6-5-7-9-14/h5-9H,4,10-13H2,1-3H3.